The van der Waals surface area contributed by atoms with E-state index in [0.29, 0.717) is 27.2 Å². The van der Waals surface area contributed by atoms with Crippen molar-refractivity contribution in [2.24, 2.45) is 5.73 Å². The van der Waals surface area contributed by atoms with E-state index in [9.17, 15) is 4.79 Å². The zero-order chi connectivity index (χ0) is 18.0. The van der Waals surface area contributed by atoms with Crippen LogP contribution in [0.15, 0.2) is 48.7 Å². The lowest BCUT2D eigenvalue weighted by Gasteiger charge is -2.19. The van der Waals surface area contributed by atoms with E-state index >= 15 is 0 Å². The van der Waals surface area contributed by atoms with Gasteiger partial charge in [-0.05, 0) is 42.8 Å². The Morgan fingerprint density at radius 1 is 1.28 bits per heavy atom. The van der Waals surface area contributed by atoms with Gasteiger partial charge in [-0.2, -0.15) is 5.26 Å². The summed E-state index contributed by atoms with van der Waals surface area (Å²) in [6.45, 7) is 1.97. The molecule has 3 aromatic rings. The van der Waals surface area contributed by atoms with Crippen LogP contribution >= 0.6 is 11.6 Å². The van der Waals surface area contributed by atoms with Gasteiger partial charge in [0.15, 0.2) is 0 Å². The minimum absolute atomic E-state index is 0.105. The summed E-state index contributed by atoms with van der Waals surface area (Å²) in [5.74, 6) is -0.581. The molecular formula is C19H15ClN4O. The monoisotopic (exact) mass is 350 g/mol. The third-order valence-electron chi connectivity index (χ3n) is 3.99. The van der Waals surface area contributed by atoms with Crippen LogP contribution in [-0.2, 0) is 0 Å². The number of nitrogens with zero attached hydrogens (tertiary/aromatic N) is 2. The first-order valence-electron chi connectivity index (χ1n) is 7.64. The van der Waals surface area contributed by atoms with Crippen molar-refractivity contribution in [2.75, 3.05) is 5.32 Å². The van der Waals surface area contributed by atoms with Crippen molar-refractivity contribution in [3.05, 3.63) is 70.4 Å². The highest BCUT2D eigenvalue weighted by molar-refractivity contribution is 6.30. The fourth-order valence-corrected chi connectivity index (χ4v) is 2.78. The van der Waals surface area contributed by atoms with Crippen molar-refractivity contribution in [3.8, 4) is 6.07 Å². The third-order valence-corrected chi connectivity index (χ3v) is 4.25. The van der Waals surface area contributed by atoms with Crippen molar-refractivity contribution in [1.29, 1.82) is 5.26 Å². The summed E-state index contributed by atoms with van der Waals surface area (Å²) in [4.78, 5) is 16.1. The third kappa shape index (κ3) is 3.39. The molecule has 0 fully saturated rings. The van der Waals surface area contributed by atoms with Crippen LogP contribution in [0.3, 0.4) is 0 Å². The van der Waals surface area contributed by atoms with Crippen LogP contribution in [0.4, 0.5) is 5.69 Å². The maximum absolute atomic E-state index is 11.8. The molecule has 1 amide bonds. The van der Waals surface area contributed by atoms with Crippen molar-refractivity contribution in [1.82, 2.24) is 4.98 Å². The molecule has 1 atom stereocenters. The van der Waals surface area contributed by atoms with Gasteiger partial charge in [-0.3, -0.25) is 9.78 Å². The van der Waals surface area contributed by atoms with Crippen molar-refractivity contribution < 1.29 is 4.79 Å². The molecule has 3 N–H and O–H groups in total. The van der Waals surface area contributed by atoms with Crippen LogP contribution in [0, 0.1) is 11.3 Å². The van der Waals surface area contributed by atoms with Gasteiger partial charge in [0.2, 0.25) is 0 Å². The van der Waals surface area contributed by atoms with Crippen LogP contribution in [0.2, 0.25) is 5.02 Å². The number of nitrogens with two attached hydrogens (primary N) is 1. The molecule has 124 valence electrons. The van der Waals surface area contributed by atoms with E-state index in [0.717, 1.165) is 5.56 Å². The number of nitrogens with one attached hydrogen (secondary N) is 1. The fraction of sp³-hybridized carbons (Fsp3) is 0.105. The number of hydrogen-bond acceptors (Lipinski definition) is 4. The van der Waals surface area contributed by atoms with Gasteiger partial charge in [-0.15, -0.1) is 0 Å². The van der Waals surface area contributed by atoms with E-state index in [2.05, 4.69) is 16.4 Å². The molecule has 0 saturated heterocycles. The summed E-state index contributed by atoms with van der Waals surface area (Å²) in [6, 6.07) is 14.6. The largest absolute Gasteiger partial charge is 0.377 e. The van der Waals surface area contributed by atoms with E-state index in [4.69, 9.17) is 22.6 Å². The van der Waals surface area contributed by atoms with Crippen LogP contribution in [0.1, 0.15) is 34.5 Å². The molecule has 0 bridgehead atoms. The summed E-state index contributed by atoms with van der Waals surface area (Å²) in [6.07, 6.45) is 1.45. The number of aromatic nitrogens is 1. The molecule has 0 unspecified atom stereocenters. The molecule has 0 saturated carbocycles. The highest BCUT2D eigenvalue weighted by atomic mass is 35.5. The minimum atomic E-state index is -0.581. The number of anilines is 1. The summed E-state index contributed by atoms with van der Waals surface area (Å²) in [5, 5.41) is 13.8. The zero-order valence-electron chi connectivity index (χ0n) is 13.5. The summed E-state index contributed by atoms with van der Waals surface area (Å²) >= 11 is 5.93. The number of pyridine rings is 1. The molecule has 1 heterocycles. The molecule has 0 spiro atoms. The lowest BCUT2D eigenvalue weighted by molar-refractivity contribution is 0.100. The highest BCUT2D eigenvalue weighted by Crippen LogP contribution is 2.30. The van der Waals surface area contributed by atoms with Gasteiger partial charge >= 0.3 is 0 Å². The lowest BCUT2D eigenvalue weighted by atomic mass is 10.0. The second kappa shape index (κ2) is 6.80. The SMILES string of the molecule is C[C@@H](Nc1c(C(N)=O)cnc2ccc(C#N)cc12)c1ccc(Cl)cc1. The lowest BCUT2D eigenvalue weighted by Crippen LogP contribution is -2.17. The predicted octanol–water partition coefficient (Wildman–Crippen LogP) is 4.03. The molecule has 0 aliphatic rings. The van der Waals surface area contributed by atoms with Gasteiger partial charge in [0.1, 0.15) is 0 Å². The molecular weight excluding hydrogens is 336 g/mol. The number of halogens is 1. The Bertz CT molecular complexity index is 993. The van der Waals surface area contributed by atoms with Gasteiger partial charge in [0.25, 0.3) is 5.91 Å². The molecule has 25 heavy (non-hydrogen) atoms. The van der Waals surface area contributed by atoms with E-state index < -0.39 is 5.91 Å². The average Bonchev–Trinajstić information content (AvgIpc) is 2.61. The zero-order valence-corrected chi connectivity index (χ0v) is 14.2. The molecule has 3 rings (SSSR count). The summed E-state index contributed by atoms with van der Waals surface area (Å²) < 4.78 is 0. The Kier molecular flexibility index (Phi) is 4.55. The van der Waals surface area contributed by atoms with E-state index in [1.807, 2.05) is 31.2 Å². The van der Waals surface area contributed by atoms with Crippen LogP contribution < -0.4 is 11.1 Å². The van der Waals surface area contributed by atoms with Crippen molar-refractivity contribution >= 4 is 34.1 Å². The number of fused-ring (bicyclic) bond motifs is 1. The van der Waals surface area contributed by atoms with Crippen LogP contribution in [-0.4, -0.2) is 10.9 Å². The van der Waals surface area contributed by atoms with Gasteiger partial charge in [-0.25, -0.2) is 0 Å². The molecule has 0 radical (unpaired) electrons. The Hall–Kier alpha value is -3.10. The maximum atomic E-state index is 11.8. The number of nitriles is 1. The minimum Gasteiger partial charge on any atom is -0.377 e. The number of carbonyl (C=O) groups excluding carboxylic acids is 1. The number of amides is 1. The quantitative estimate of drug-likeness (QED) is 0.743. The Labute approximate surface area is 150 Å². The van der Waals surface area contributed by atoms with E-state index in [-0.39, 0.29) is 11.6 Å². The Morgan fingerprint density at radius 2 is 2.00 bits per heavy atom. The highest BCUT2D eigenvalue weighted by Gasteiger charge is 2.16. The molecule has 1 aromatic heterocycles. The van der Waals surface area contributed by atoms with E-state index in [1.54, 1.807) is 18.2 Å². The van der Waals surface area contributed by atoms with Gasteiger partial charge in [-0.1, -0.05) is 23.7 Å². The Morgan fingerprint density at radius 3 is 2.64 bits per heavy atom. The molecule has 6 heteroatoms. The standard InChI is InChI=1S/C19H15ClN4O/c1-11(13-3-5-14(20)6-4-13)24-18-15-8-12(9-21)2-7-17(15)23-10-16(18)19(22)25/h2-8,10-11H,1H3,(H2,22,25)(H,23,24)/t11-/m1/s1. The number of primary amides is 1. The normalized spacial score (nSPS) is 11.7. The second-order valence-corrected chi connectivity index (χ2v) is 6.11. The average molecular weight is 351 g/mol. The molecule has 2 aromatic carbocycles. The number of carbonyl (C=O) groups is 1. The van der Waals surface area contributed by atoms with E-state index in [1.165, 1.54) is 6.20 Å². The number of hydrogen-bond donors (Lipinski definition) is 2. The van der Waals surface area contributed by atoms with Crippen molar-refractivity contribution in [2.45, 2.75) is 13.0 Å². The maximum Gasteiger partial charge on any atom is 0.252 e. The summed E-state index contributed by atoms with van der Waals surface area (Å²) in [7, 11) is 0. The topological polar surface area (TPSA) is 91.8 Å². The van der Waals surface area contributed by atoms with Gasteiger partial charge in [0, 0.05) is 22.6 Å². The van der Waals surface area contributed by atoms with Crippen molar-refractivity contribution in [3.63, 3.8) is 0 Å². The Balaban J connectivity index is 2.11. The fourth-order valence-electron chi connectivity index (χ4n) is 2.66. The molecule has 0 aliphatic carbocycles. The first kappa shape index (κ1) is 16.7. The summed E-state index contributed by atoms with van der Waals surface area (Å²) in [5.41, 5.74) is 8.52. The first-order valence-corrected chi connectivity index (χ1v) is 8.02. The predicted molar refractivity (Wildman–Crippen MR) is 98.5 cm³/mol. The van der Waals surface area contributed by atoms with Crippen LogP contribution in [0.5, 0.6) is 0 Å². The molecule has 5 nitrogen and oxygen atoms in total. The van der Waals surface area contributed by atoms with Gasteiger partial charge < -0.3 is 11.1 Å². The number of rotatable bonds is 4. The first-order chi connectivity index (χ1) is 12.0. The van der Waals surface area contributed by atoms with Gasteiger partial charge in [0.05, 0.1) is 28.4 Å². The smallest absolute Gasteiger partial charge is 0.252 e. The number of benzene rings is 2. The molecule has 0 aliphatic heterocycles. The second-order valence-electron chi connectivity index (χ2n) is 5.67. The van der Waals surface area contributed by atoms with Crippen LogP contribution in [0.25, 0.3) is 10.9 Å².